The van der Waals surface area contributed by atoms with Gasteiger partial charge in [0.15, 0.2) is 11.4 Å². The molecule has 1 N–H and O–H groups in total. The highest BCUT2D eigenvalue weighted by Crippen LogP contribution is 2.41. The van der Waals surface area contributed by atoms with Crippen molar-refractivity contribution in [3.8, 4) is 5.75 Å². The number of hydrogen-bond donors (Lipinski definition) is 1. The Kier molecular flexibility index (Phi) is 6.00. The molecule has 12 heteroatoms. The Labute approximate surface area is 217 Å². The monoisotopic (exact) mass is 527 g/mol. The molecule has 3 aromatic rings. The number of hydrogen-bond acceptors (Lipinski definition) is 8. The normalized spacial score (nSPS) is 16.4. The molecule has 2 amide bonds. The van der Waals surface area contributed by atoms with Crippen molar-refractivity contribution in [2.45, 2.75) is 38.9 Å². The summed E-state index contributed by atoms with van der Waals surface area (Å²) in [5.74, 6) is -0.778. The third kappa shape index (κ3) is 4.50. The Morgan fingerprint density at radius 3 is 2.58 bits per heavy atom. The highest BCUT2D eigenvalue weighted by Gasteiger charge is 2.56. The Hall–Kier alpha value is -4.22. The van der Waals surface area contributed by atoms with Gasteiger partial charge in [0.2, 0.25) is 0 Å². The van der Waals surface area contributed by atoms with E-state index in [1.165, 1.54) is 36.2 Å². The molecule has 0 bridgehead atoms. The number of benzene rings is 2. The molecule has 0 atom stereocenters. The number of nitrogens with one attached hydrogen (secondary N) is 1. The van der Waals surface area contributed by atoms with Crippen LogP contribution < -0.4 is 15.0 Å². The molecule has 1 spiro atoms. The number of rotatable bonds is 4. The van der Waals surface area contributed by atoms with Crippen molar-refractivity contribution in [1.29, 1.82) is 0 Å². The van der Waals surface area contributed by atoms with Crippen LogP contribution in [0.15, 0.2) is 30.6 Å². The van der Waals surface area contributed by atoms with E-state index in [1.807, 2.05) is 0 Å². The molecular weight excluding hydrogens is 500 g/mol. The average Bonchev–Trinajstić information content (AvgIpc) is 3.19. The molecule has 10 nitrogen and oxygen atoms in total. The van der Waals surface area contributed by atoms with Gasteiger partial charge in [-0.3, -0.25) is 9.80 Å². The maximum Gasteiger partial charge on any atom is 0.415 e. The van der Waals surface area contributed by atoms with Crippen molar-refractivity contribution in [2.75, 3.05) is 37.0 Å². The molecule has 0 aliphatic carbocycles. The molecule has 200 valence electrons. The van der Waals surface area contributed by atoms with Crippen LogP contribution in [0.25, 0.3) is 10.9 Å². The fraction of sp³-hybridized carbons (Fsp3) is 0.385. The van der Waals surface area contributed by atoms with Gasteiger partial charge >= 0.3 is 12.2 Å². The number of nitrogens with zero attached hydrogens (tertiary/aromatic N) is 4. The summed E-state index contributed by atoms with van der Waals surface area (Å²) in [5.41, 5.74) is -0.730. The number of ether oxygens (including phenoxy) is 3. The first-order valence-corrected chi connectivity index (χ1v) is 11.9. The van der Waals surface area contributed by atoms with E-state index in [9.17, 15) is 18.4 Å². The van der Waals surface area contributed by atoms with Gasteiger partial charge in [-0.25, -0.2) is 28.3 Å². The first kappa shape index (κ1) is 25.4. The van der Waals surface area contributed by atoms with Crippen molar-refractivity contribution < 1.29 is 32.6 Å². The van der Waals surface area contributed by atoms with Crippen molar-refractivity contribution in [1.82, 2.24) is 14.9 Å². The predicted octanol–water partition coefficient (Wildman–Crippen LogP) is 4.91. The quantitative estimate of drug-likeness (QED) is 0.510. The van der Waals surface area contributed by atoms with E-state index in [4.69, 9.17) is 14.2 Å². The highest BCUT2D eigenvalue weighted by atomic mass is 19.1. The van der Waals surface area contributed by atoms with Gasteiger partial charge in [-0.05, 0) is 45.9 Å². The number of amides is 2. The number of likely N-dealkylation sites (tertiary alicyclic amines) is 1. The summed E-state index contributed by atoms with van der Waals surface area (Å²) in [6.45, 7) is 7.25. The van der Waals surface area contributed by atoms with Crippen LogP contribution in [-0.2, 0) is 9.47 Å². The van der Waals surface area contributed by atoms with Crippen molar-refractivity contribution >= 4 is 40.3 Å². The zero-order valence-corrected chi connectivity index (χ0v) is 21.6. The van der Waals surface area contributed by atoms with E-state index < -0.39 is 35.0 Å². The van der Waals surface area contributed by atoms with Crippen LogP contribution in [-0.4, -0.2) is 65.0 Å². The Morgan fingerprint density at radius 2 is 1.89 bits per heavy atom. The second-order valence-corrected chi connectivity index (χ2v) is 10.4. The Balaban J connectivity index is 1.44. The number of anilines is 3. The maximum atomic E-state index is 14.7. The summed E-state index contributed by atoms with van der Waals surface area (Å²) in [7, 11) is 1.46. The standard InChI is InChI=1S/C26H27F2N5O5/c1-14-16(27)6-7-17(21(14)28)31-22-15-8-19(20(36-5)9-18(15)29-13-30-22)33-12-26(38-24(33)35)10-32(11-26)23(34)37-25(2,3)4/h6-9,13H,10-12H2,1-5H3,(H,29,30,31). The number of fused-ring (bicyclic) bond motifs is 1. The van der Waals surface area contributed by atoms with Crippen LogP contribution in [0.3, 0.4) is 0 Å². The Bertz CT molecular complexity index is 1450. The molecular formula is C26H27F2N5O5. The van der Waals surface area contributed by atoms with Crippen LogP contribution in [0.1, 0.15) is 26.3 Å². The molecule has 2 aliphatic rings. The minimum absolute atomic E-state index is 0.0394. The van der Waals surface area contributed by atoms with Crippen LogP contribution in [0.2, 0.25) is 0 Å². The summed E-state index contributed by atoms with van der Waals surface area (Å²) in [6.07, 6.45) is 0.228. The SMILES string of the molecule is COc1cc2ncnc(Nc3ccc(F)c(C)c3F)c2cc1N1CC2(CN(C(=O)OC(C)(C)C)C2)OC1=O. The molecule has 1 aromatic heterocycles. The second kappa shape index (κ2) is 8.96. The molecule has 0 saturated carbocycles. The van der Waals surface area contributed by atoms with Gasteiger partial charge < -0.3 is 19.5 Å². The van der Waals surface area contributed by atoms with E-state index in [0.717, 1.165) is 6.07 Å². The maximum absolute atomic E-state index is 14.7. The summed E-state index contributed by atoms with van der Waals surface area (Å²) in [5, 5.41) is 3.37. The molecule has 2 fully saturated rings. The molecule has 0 unspecified atom stereocenters. The van der Waals surface area contributed by atoms with Gasteiger partial charge in [0, 0.05) is 17.0 Å². The van der Waals surface area contributed by atoms with Gasteiger partial charge in [-0.15, -0.1) is 0 Å². The first-order valence-electron chi connectivity index (χ1n) is 11.9. The van der Waals surface area contributed by atoms with E-state index in [2.05, 4.69) is 15.3 Å². The zero-order chi connectivity index (χ0) is 27.4. The first-order chi connectivity index (χ1) is 17.9. The third-order valence-corrected chi connectivity index (χ3v) is 6.38. The smallest absolute Gasteiger partial charge is 0.415 e. The molecule has 3 heterocycles. The summed E-state index contributed by atoms with van der Waals surface area (Å²) in [6, 6.07) is 5.73. The lowest BCUT2D eigenvalue weighted by Gasteiger charge is -2.45. The molecule has 2 saturated heterocycles. The van der Waals surface area contributed by atoms with Gasteiger partial charge in [0.05, 0.1) is 43.6 Å². The fourth-order valence-corrected chi connectivity index (χ4v) is 4.51. The van der Waals surface area contributed by atoms with E-state index in [0.29, 0.717) is 22.3 Å². The minimum Gasteiger partial charge on any atom is -0.494 e. The summed E-state index contributed by atoms with van der Waals surface area (Å²) in [4.78, 5) is 36.7. The lowest BCUT2D eigenvalue weighted by atomic mass is 9.94. The number of halogens is 2. The van der Waals surface area contributed by atoms with Crippen LogP contribution in [0.4, 0.5) is 35.6 Å². The summed E-state index contributed by atoms with van der Waals surface area (Å²) >= 11 is 0. The lowest BCUT2D eigenvalue weighted by molar-refractivity contribution is -0.0779. The molecule has 5 rings (SSSR count). The number of methoxy groups -OCH3 is 1. The molecule has 2 aromatic carbocycles. The van der Waals surface area contributed by atoms with E-state index >= 15 is 0 Å². The average molecular weight is 528 g/mol. The van der Waals surface area contributed by atoms with Crippen molar-refractivity contribution in [3.63, 3.8) is 0 Å². The van der Waals surface area contributed by atoms with Gasteiger partial charge in [0.1, 0.15) is 29.3 Å². The third-order valence-electron chi connectivity index (χ3n) is 6.38. The van der Waals surface area contributed by atoms with Crippen LogP contribution >= 0.6 is 0 Å². The Morgan fingerprint density at radius 1 is 1.16 bits per heavy atom. The minimum atomic E-state index is -0.878. The van der Waals surface area contributed by atoms with Gasteiger partial charge in [-0.2, -0.15) is 0 Å². The van der Waals surface area contributed by atoms with Crippen molar-refractivity contribution in [3.05, 3.63) is 47.8 Å². The number of carbonyl (C=O) groups excluding carboxylic acids is 2. The number of carbonyl (C=O) groups is 2. The summed E-state index contributed by atoms with van der Waals surface area (Å²) < 4.78 is 45.1. The number of aromatic nitrogens is 2. The lowest BCUT2D eigenvalue weighted by Crippen LogP contribution is -2.66. The topological polar surface area (TPSA) is 106 Å². The molecule has 38 heavy (non-hydrogen) atoms. The highest BCUT2D eigenvalue weighted by molar-refractivity contribution is 6.00. The molecule has 2 aliphatic heterocycles. The predicted molar refractivity (Wildman–Crippen MR) is 135 cm³/mol. The van der Waals surface area contributed by atoms with Crippen LogP contribution in [0, 0.1) is 18.6 Å². The van der Waals surface area contributed by atoms with E-state index in [-0.39, 0.29) is 36.7 Å². The molecule has 0 radical (unpaired) electrons. The largest absolute Gasteiger partial charge is 0.494 e. The van der Waals surface area contributed by atoms with Crippen LogP contribution in [0.5, 0.6) is 5.75 Å². The fourth-order valence-electron chi connectivity index (χ4n) is 4.51. The van der Waals surface area contributed by atoms with Gasteiger partial charge in [0.25, 0.3) is 0 Å². The van der Waals surface area contributed by atoms with E-state index in [1.54, 1.807) is 32.9 Å². The van der Waals surface area contributed by atoms with Crippen molar-refractivity contribution in [2.24, 2.45) is 0 Å². The van der Waals surface area contributed by atoms with Gasteiger partial charge in [-0.1, -0.05) is 0 Å². The second-order valence-electron chi connectivity index (χ2n) is 10.4. The zero-order valence-electron chi connectivity index (χ0n) is 21.6.